The third-order valence-electron chi connectivity index (χ3n) is 2.48. The molecule has 1 N–H and O–H groups in total. The Bertz CT molecular complexity index is 283. The molecular weight excluding hydrogens is 258 g/mol. The molecule has 0 heterocycles. The van der Waals surface area contributed by atoms with Crippen molar-refractivity contribution in [3.63, 3.8) is 0 Å². The van der Waals surface area contributed by atoms with Crippen LogP contribution in [0.5, 0.6) is 0 Å². The molecule has 1 unspecified atom stereocenters. The Morgan fingerprint density at radius 3 is 2.17 bits per heavy atom. The molecular formula is C10H17F4NO3. The average Bonchev–Trinajstić information content (AvgIpc) is 2.23. The highest BCUT2D eigenvalue weighted by molar-refractivity contribution is 5.67. The first-order chi connectivity index (χ1) is 8.06. The highest BCUT2D eigenvalue weighted by atomic mass is 19.4. The number of rotatable bonds is 5. The van der Waals surface area contributed by atoms with Gasteiger partial charge < -0.3 is 14.7 Å². The number of nitrogens with zero attached hydrogens (tertiary/aromatic N) is 1. The molecule has 0 aliphatic heterocycles. The number of carbonyl (C=O) groups is 1. The molecule has 0 spiro atoms. The number of aliphatic hydroxyl groups excluding tert-OH is 1. The molecule has 0 saturated carbocycles. The Morgan fingerprint density at radius 1 is 1.33 bits per heavy atom. The molecule has 0 aromatic carbocycles. The van der Waals surface area contributed by atoms with E-state index < -0.39 is 37.0 Å². The van der Waals surface area contributed by atoms with Crippen LogP contribution >= 0.6 is 0 Å². The van der Waals surface area contributed by atoms with Gasteiger partial charge in [-0.1, -0.05) is 13.8 Å². The minimum absolute atomic E-state index is 0.351. The van der Waals surface area contributed by atoms with E-state index in [0.29, 0.717) is 4.90 Å². The van der Waals surface area contributed by atoms with Gasteiger partial charge in [-0.25, -0.2) is 9.18 Å². The summed E-state index contributed by atoms with van der Waals surface area (Å²) in [6.45, 7) is 0.207. The number of carbonyl (C=O) groups excluding carboxylic acids is 1. The molecule has 1 atom stereocenters. The Balaban J connectivity index is 4.76. The lowest BCUT2D eigenvalue weighted by molar-refractivity contribution is -0.247. The zero-order valence-corrected chi connectivity index (χ0v) is 10.4. The van der Waals surface area contributed by atoms with Crippen LogP contribution in [0.4, 0.5) is 22.4 Å². The van der Waals surface area contributed by atoms with Gasteiger partial charge in [0.2, 0.25) is 5.67 Å². The molecule has 0 aliphatic carbocycles. The van der Waals surface area contributed by atoms with Crippen molar-refractivity contribution in [2.24, 2.45) is 5.92 Å². The Morgan fingerprint density at radius 2 is 1.83 bits per heavy atom. The molecule has 0 saturated heterocycles. The summed E-state index contributed by atoms with van der Waals surface area (Å²) in [5.74, 6) is -1.34. The van der Waals surface area contributed by atoms with Crippen molar-refractivity contribution in [2.45, 2.75) is 25.7 Å². The van der Waals surface area contributed by atoms with Gasteiger partial charge in [0, 0.05) is 7.05 Å². The van der Waals surface area contributed by atoms with Gasteiger partial charge in [-0.2, -0.15) is 13.2 Å². The lowest BCUT2D eigenvalue weighted by atomic mass is 9.91. The maximum Gasteiger partial charge on any atom is 0.424 e. The number of halogens is 4. The normalized spacial score (nSPS) is 15.4. The standard InChI is InChI=1S/C10H17F4NO3/c1-7(2)9(11,10(12,13)14)6-15(3)8(17)18-5-4-16/h7,16H,4-6H2,1-3H3. The van der Waals surface area contributed by atoms with Crippen molar-refractivity contribution in [2.75, 3.05) is 26.8 Å². The van der Waals surface area contributed by atoms with E-state index in [-0.39, 0.29) is 6.61 Å². The van der Waals surface area contributed by atoms with Gasteiger partial charge >= 0.3 is 12.3 Å². The first-order valence-corrected chi connectivity index (χ1v) is 5.30. The molecule has 0 aromatic heterocycles. The minimum Gasteiger partial charge on any atom is -0.447 e. The second kappa shape index (κ2) is 6.21. The van der Waals surface area contributed by atoms with Gasteiger partial charge in [0.25, 0.3) is 0 Å². The maximum atomic E-state index is 13.9. The van der Waals surface area contributed by atoms with E-state index in [1.807, 2.05) is 0 Å². The van der Waals surface area contributed by atoms with Gasteiger partial charge in [-0.3, -0.25) is 0 Å². The molecule has 4 nitrogen and oxygen atoms in total. The number of ether oxygens (including phenoxy) is 1. The van der Waals surface area contributed by atoms with Crippen LogP contribution in [-0.2, 0) is 4.74 Å². The first kappa shape index (κ1) is 16.9. The zero-order valence-electron chi connectivity index (χ0n) is 10.4. The third kappa shape index (κ3) is 4.01. The fourth-order valence-corrected chi connectivity index (χ4v) is 1.25. The summed E-state index contributed by atoms with van der Waals surface area (Å²) >= 11 is 0. The van der Waals surface area contributed by atoms with Crippen molar-refractivity contribution in [3.8, 4) is 0 Å². The lowest BCUT2D eigenvalue weighted by Crippen LogP contribution is -2.54. The maximum absolute atomic E-state index is 13.9. The summed E-state index contributed by atoms with van der Waals surface area (Å²) < 4.78 is 56.2. The van der Waals surface area contributed by atoms with Crippen LogP contribution in [-0.4, -0.2) is 54.8 Å². The summed E-state index contributed by atoms with van der Waals surface area (Å²) in [6.07, 6.45) is -6.19. The van der Waals surface area contributed by atoms with Gasteiger partial charge in [0.05, 0.1) is 13.2 Å². The molecule has 0 rings (SSSR count). The van der Waals surface area contributed by atoms with E-state index in [0.717, 1.165) is 20.9 Å². The van der Waals surface area contributed by atoms with Crippen LogP contribution in [0.3, 0.4) is 0 Å². The van der Waals surface area contributed by atoms with E-state index in [1.165, 1.54) is 0 Å². The second-order valence-corrected chi connectivity index (χ2v) is 4.21. The summed E-state index contributed by atoms with van der Waals surface area (Å²) in [5.41, 5.74) is -3.50. The van der Waals surface area contributed by atoms with Crippen LogP contribution < -0.4 is 0 Å². The van der Waals surface area contributed by atoms with Crippen molar-refractivity contribution in [1.29, 1.82) is 0 Å². The highest BCUT2D eigenvalue weighted by Gasteiger charge is 2.58. The van der Waals surface area contributed by atoms with E-state index >= 15 is 0 Å². The SMILES string of the molecule is CC(C)C(F)(CN(C)C(=O)OCCO)C(F)(F)F. The fourth-order valence-electron chi connectivity index (χ4n) is 1.25. The topological polar surface area (TPSA) is 49.8 Å². The number of alkyl halides is 4. The van der Waals surface area contributed by atoms with Crippen LogP contribution in [0.1, 0.15) is 13.8 Å². The van der Waals surface area contributed by atoms with Crippen LogP contribution in [0.2, 0.25) is 0 Å². The van der Waals surface area contributed by atoms with Crippen molar-refractivity contribution < 1.29 is 32.2 Å². The van der Waals surface area contributed by atoms with Crippen molar-refractivity contribution >= 4 is 6.09 Å². The van der Waals surface area contributed by atoms with E-state index in [9.17, 15) is 22.4 Å². The van der Waals surface area contributed by atoms with Crippen LogP contribution in [0, 0.1) is 5.92 Å². The molecule has 0 aliphatic rings. The predicted octanol–water partition coefficient (Wildman–Crippen LogP) is 1.97. The quantitative estimate of drug-likeness (QED) is 0.780. The molecule has 18 heavy (non-hydrogen) atoms. The Hall–Kier alpha value is -1.05. The van der Waals surface area contributed by atoms with E-state index in [2.05, 4.69) is 4.74 Å². The van der Waals surface area contributed by atoms with Crippen molar-refractivity contribution in [3.05, 3.63) is 0 Å². The summed E-state index contributed by atoms with van der Waals surface area (Å²) in [4.78, 5) is 11.7. The van der Waals surface area contributed by atoms with Gasteiger partial charge in [0.15, 0.2) is 0 Å². The van der Waals surface area contributed by atoms with Gasteiger partial charge in [-0.15, -0.1) is 0 Å². The van der Waals surface area contributed by atoms with Crippen LogP contribution in [0.15, 0.2) is 0 Å². The zero-order chi connectivity index (χ0) is 14.6. The first-order valence-electron chi connectivity index (χ1n) is 5.30. The predicted molar refractivity (Wildman–Crippen MR) is 55.8 cm³/mol. The molecule has 8 heteroatoms. The average molecular weight is 275 g/mol. The summed E-state index contributed by atoms with van der Waals surface area (Å²) in [5, 5.41) is 8.40. The summed E-state index contributed by atoms with van der Waals surface area (Å²) in [7, 11) is 1.00. The van der Waals surface area contributed by atoms with Gasteiger partial charge in [-0.05, 0) is 5.92 Å². The van der Waals surface area contributed by atoms with Crippen LogP contribution in [0.25, 0.3) is 0 Å². The number of hydrogen-bond acceptors (Lipinski definition) is 3. The Kier molecular flexibility index (Phi) is 5.85. The molecule has 1 amide bonds. The number of amides is 1. The second-order valence-electron chi connectivity index (χ2n) is 4.21. The minimum atomic E-state index is -5.08. The number of aliphatic hydroxyl groups is 1. The molecule has 0 fully saturated rings. The van der Waals surface area contributed by atoms with E-state index in [1.54, 1.807) is 0 Å². The van der Waals surface area contributed by atoms with Crippen molar-refractivity contribution in [1.82, 2.24) is 4.90 Å². The molecule has 0 bridgehead atoms. The molecule has 0 aromatic rings. The lowest BCUT2D eigenvalue weighted by Gasteiger charge is -2.34. The highest BCUT2D eigenvalue weighted by Crippen LogP contribution is 2.40. The largest absolute Gasteiger partial charge is 0.447 e. The van der Waals surface area contributed by atoms with E-state index in [4.69, 9.17) is 5.11 Å². The monoisotopic (exact) mass is 275 g/mol. The number of hydrogen-bond donors (Lipinski definition) is 1. The summed E-state index contributed by atoms with van der Waals surface area (Å²) in [6, 6.07) is 0. The molecule has 0 radical (unpaired) electrons. The van der Waals surface area contributed by atoms with Gasteiger partial charge in [0.1, 0.15) is 6.61 Å². The fraction of sp³-hybridized carbons (Fsp3) is 0.900. The smallest absolute Gasteiger partial charge is 0.424 e. The molecule has 108 valence electrons. The third-order valence-corrected chi connectivity index (χ3v) is 2.48. The Labute approximate surface area is 103 Å².